The summed E-state index contributed by atoms with van der Waals surface area (Å²) in [5, 5.41) is 7.64. The molecule has 1 heterocycles. The number of hydrogen-bond donors (Lipinski definition) is 1. The fourth-order valence-electron chi connectivity index (χ4n) is 3.57. The van der Waals surface area contributed by atoms with Crippen molar-refractivity contribution < 1.29 is 23.7 Å². The second kappa shape index (κ2) is 11.1. The lowest BCUT2D eigenvalue weighted by molar-refractivity contribution is 0.0947. The molecule has 0 aliphatic carbocycles. The van der Waals surface area contributed by atoms with E-state index in [0.717, 1.165) is 5.69 Å². The number of methoxy groups -OCH3 is 3. The second-order valence-electron chi connectivity index (χ2n) is 7.52. The molecule has 0 spiro atoms. The highest BCUT2D eigenvalue weighted by atomic mass is 16.5. The molecule has 180 valence electrons. The molecule has 0 fully saturated rings. The predicted molar refractivity (Wildman–Crippen MR) is 133 cm³/mol. The van der Waals surface area contributed by atoms with Crippen molar-refractivity contribution in [2.24, 2.45) is 0 Å². The van der Waals surface area contributed by atoms with Crippen LogP contribution in [0.4, 0.5) is 0 Å². The van der Waals surface area contributed by atoms with Crippen LogP contribution in [0.3, 0.4) is 0 Å². The quantitative estimate of drug-likeness (QED) is 0.344. The van der Waals surface area contributed by atoms with Gasteiger partial charge in [-0.15, -0.1) is 0 Å². The summed E-state index contributed by atoms with van der Waals surface area (Å²) < 4.78 is 23.5. The molecule has 0 saturated heterocycles. The van der Waals surface area contributed by atoms with Gasteiger partial charge in [-0.2, -0.15) is 5.10 Å². The molecule has 1 aromatic heterocycles. The largest absolute Gasteiger partial charge is 0.497 e. The van der Waals surface area contributed by atoms with Crippen molar-refractivity contribution in [1.29, 1.82) is 0 Å². The van der Waals surface area contributed by atoms with E-state index in [2.05, 4.69) is 5.32 Å². The van der Waals surface area contributed by atoms with Crippen LogP contribution >= 0.6 is 0 Å². The topological polar surface area (TPSA) is 83.8 Å². The van der Waals surface area contributed by atoms with E-state index >= 15 is 0 Å². The van der Waals surface area contributed by atoms with Crippen LogP contribution in [0.5, 0.6) is 23.0 Å². The molecule has 8 heteroatoms. The lowest BCUT2D eigenvalue weighted by Crippen LogP contribution is -2.28. The zero-order valence-electron chi connectivity index (χ0n) is 19.9. The Bertz CT molecular complexity index is 1290. The maximum Gasteiger partial charge on any atom is 0.255 e. The first-order valence-corrected chi connectivity index (χ1v) is 11.1. The number of ether oxygens (including phenoxy) is 4. The zero-order valence-corrected chi connectivity index (χ0v) is 19.9. The van der Waals surface area contributed by atoms with Crippen LogP contribution in [0.15, 0.2) is 79.0 Å². The van der Waals surface area contributed by atoms with Crippen LogP contribution in [0.1, 0.15) is 10.4 Å². The Morgan fingerprint density at radius 3 is 2.34 bits per heavy atom. The van der Waals surface area contributed by atoms with Gasteiger partial charge < -0.3 is 24.3 Å². The van der Waals surface area contributed by atoms with Crippen LogP contribution in [-0.4, -0.2) is 50.2 Å². The minimum atomic E-state index is -0.269. The fourth-order valence-corrected chi connectivity index (χ4v) is 3.57. The van der Waals surface area contributed by atoms with Crippen LogP contribution in [-0.2, 0) is 0 Å². The minimum Gasteiger partial charge on any atom is -0.497 e. The smallest absolute Gasteiger partial charge is 0.255 e. The number of para-hydroxylation sites is 1. The van der Waals surface area contributed by atoms with Gasteiger partial charge in [-0.3, -0.25) is 4.79 Å². The third kappa shape index (κ3) is 5.55. The molecular formula is C27H27N3O5. The number of rotatable bonds is 10. The molecule has 0 bridgehead atoms. The maximum absolute atomic E-state index is 13.2. The molecule has 0 saturated carbocycles. The number of hydrogen-bond acceptors (Lipinski definition) is 6. The van der Waals surface area contributed by atoms with E-state index in [1.54, 1.807) is 44.3 Å². The van der Waals surface area contributed by atoms with Gasteiger partial charge in [0.1, 0.15) is 35.3 Å². The highest BCUT2D eigenvalue weighted by molar-refractivity contribution is 6.00. The van der Waals surface area contributed by atoms with E-state index in [9.17, 15) is 4.79 Å². The van der Waals surface area contributed by atoms with Crippen molar-refractivity contribution >= 4 is 5.91 Å². The summed E-state index contributed by atoms with van der Waals surface area (Å²) in [7, 11) is 4.76. The Kier molecular flexibility index (Phi) is 7.52. The molecule has 0 aliphatic heterocycles. The maximum atomic E-state index is 13.2. The molecule has 0 unspecified atom stereocenters. The van der Waals surface area contributed by atoms with Gasteiger partial charge in [-0.1, -0.05) is 24.3 Å². The SMILES string of the molecule is COc1cccc(OCCNC(=O)c2cn(-c3ccccc3)nc2-c2ccc(OC)cc2OC)c1. The van der Waals surface area contributed by atoms with Gasteiger partial charge in [-0.05, 0) is 36.4 Å². The molecule has 3 aromatic carbocycles. The fraction of sp³-hybridized carbons (Fsp3) is 0.185. The second-order valence-corrected chi connectivity index (χ2v) is 7.52. The number of nitrogens with one attached hydrogen (secondary N) is 1. The number of nitrogens with zero attached hydrogens (tertiary/aromatic N) is 2. The van der Waals surface area contributed by atoms with Gasteiger partial charge in [0.25, 0.3) is 5.91 Å². The van der Waals surface area contributed by atoms with Gasteiger partial charge in [0, 0.05) is 23.9 Å². The summed E-state index contributed by atoms with van der Waals surface area (Å²) >= 11 is 0. The predicted octanol–water partition coefficient (Wildman–Crippen LogP) is 4.37. The van der Waals surface area contributed by atoms with Gasteiger partial charge >= 0.3 is 0 Å². The third-order valence-electron chi connectivity index (χ3n) is 5.34. The van der Waals surface area contributed by atoms with Crippen LogP contribution in [0.25, 0.3) is 16.9 Å². The highest BCUT2D eigenvalue weighted by Gasteiger charge is 2.21. The van der Waals surface area contributed by atoms with Gasteiger partial charge in [0.15, 0.2) is 0 Å². The molecule has 0 aliphatic rings. The molecule has 0 atom stereocenters. The van der Waals surface area contributed by atoms with E-state index in [4.69, 9.17) is 24.0 Å². The molecule has 4 rings (SSSR count). The number of carbonyl (C=O) groups is 1. The Hall–Kier alpha value is -4.46. The lowest BCUT2D eigenvalue weighted by Gasteiger charge is -2.11. The third-order valence-corrected chi connectivity index (χ3v) is 5.34. The molecule has 35 heavy (non-hydrogen) atoms. The number of benzene rings is 3. The van der Waals surface area contributed by atoms with Crippen LogP contribution in [0.2, 0.25) is 0 Å². The Morgan fingerprint density at radius 1 is 0.857 bits per heavy atom. The van der Waals surface area contributed by atoms with E-state index in [1.807, 2.05) is 60.7 Å². The molecular weight excluding hydrogens is 446 g/mol. The van der Waals surface area contributed by atoms with E-state index in [0.29, 0.717) is 53.0 Å². The number of amides is 1. The molecule has 1 N–H and O–H groups in total. The number of aromatic nitrogens is 2. The van der Waals surface area contributed by atoms with E-state index < -0.39 is 0 Å². The first kappa shape index (κ1) is 23.7. The van der Waals surface area contributed by atoms with Crippen molar-refractivity contribution in [2.45, 2.75) is 0 Å². The summed E-state index contributed by atoms with van der Waals surface area (Å²) in [5.41, 5.74) is 2.43. The zero-order chi connectivity index (χ0) is 24.6. The van der Waals surface area contributed by atoms with Crippen molar-refractivity contribution in [1.82, 2.24) is 15.1 Å². The molecule has 0 radical (unpaired) electrons. The lowest BCUT2D eigenvalue weighted by atomic mass is 10.1. The van der Waals surface area contributed by atoms with Crippen molar-refractivity contribution in [3.05, 3.63) is 84.6 Å². The molecule has 4 aromatic rings. The van der Waals surface area contributed by atoms with Crippen molar-refractivity contribution in [3.63, 3.8) is 0 Å². The summed E-state index contributed by atoms with van der Waals surface area (Å²) in [6.07, 6.45) is 1.71. The average Bonchev–Trinajstić information content (AvgIpc) is 3.36. The number of carbonyl (C=O) groups excluding carboxylic acids is 1. The summed E-state index contributed by atoms with van der Waals surface area (Å²) in [5.74, 6) is 2.30. The monoisotopic (exact) mass is 473 g/mol. The highest BCUT2D eigenvalue weighted by Crippen LogP contribution is 2.34. The summed E-state index contributed by atoms with van der Waals surface area (Å²) in [6, 6.07) is 22.3. The average molecular weight is 474 g/mol. The summed E-state index contributed by atoms with van der Waals surface area (Å²) in [6.45, 7) is 0.610. The van der Waals surface area contributed by atoms with Gasteiger partial charge in [-0.25, -0.2) is 4.68 Å². The minimum absolute atomic E-state index is 0.269. The van der Waals surface area contributed by atoms with E-state index in [1.165, 1.54) is 0 Å². The Balaban J connectivity index is 1.57. The first-order chi connectivity index (χ1) is 17.1. The summed E-state index contributed by atoms with van der Waals surface area (Å²) in [4.78, 5) is 13.2. The first-order valence-electron chi connectivity index (χ1n) is 11.1. The van der Waals surface area contributed by atoms with Crippen molar-refractivity contribution in [3.8, 4) is 39.9 Å². The van der Waals surface area contributed by atoms with Crippen LogP contribution in [0, 0.1) is 0 Å². The Labute approximate surface area is 204 Å². The Morgan fingerprint density at radius 2 is 1.60 bits per heavy atom. The van der Waals surface area contributed by atoms with Gasteiger partial charge in [0.2, 0.25) is 0 Å². The van der Waals surface area contributed by atoms with Gasteiger partial charge in [0.05, 0.1) is 39.1 Å². The van der Waals surface area contributed by atoms with E-state index in [-0.39, 0.29) is 5.91 Å². The van der Waals surface area contributed by atoms with Crippen LogP contribution < -0.4 is 24.3 Å². The normalized spacial score (nSPS) is 10.5. The molecule has 1 amide bonds. The standard InChI is InChI=1S/C27H27N3O5/c1-32-20-10-7-11-22(16-20)35-15-14-28-27(31)24-18-30(19-8-5-4-6-9-19)29-26(24)23-13-12-21(33-2)17-25(23)34-3/h4-13,16-18H,14-15H2,1-3H3,(H,28,31). The molecule has 8 nitrogen and oxygen atoms in total. The van der Waals surface area contributed by atoms with Crippen molar-refractivity contribution in [2.75, 3.05) is 34.5 Å².